The van der Waals surface area contributed by atoms with Gasteiger partial charge in [-0.2, -0.15) is 5.06 Å². The van der Waals surface area contributed by atoms with Gasteiger partial charge in [0.1, 0.15) is 0 Å². The molecule has 1 aromatic carbocycles. The molecule has 0 aliphatic carbocycles. The Morgan fingerprint density at radius 3 is 2.72 bits per heavy atom. The quantitative estimate of drug-likeness (QED) is 0.617. The van der Waals surface area contributed by atoms with Gasteiger partial charge in [-0.3, -0.25) is 4.84 Å². The highest BCUT2D eigenvalue weighted by molar-refractivity contribution is 6.30. The molecular weight excluding hydrogens is 334 g/mol. The van der Waals surface area contributed by atoms with Crippen LogP contribution >= 0.6 is 11.6 Å². The Hall–Kier alpha value is -1.36. The molecule has 25 heavy (non-hydrogen) atoms. The van der Waals surface area contributed by atoms with Crippen LogP contribution in [0.25, 0.3) is 0 Å². The molecule has 5 heteroatoms. The Morgan fingerprint density at radius 2 is 2.04 bits per heavy atom. The largest absolute Gasteiger partial charge is 0.335 e. The number of benzene rings is 1. The molecule has 1 fully saturated rings. The van der Waals surface area contributed by atoms with Crippen molar-refractivity contribution in [1.82, 2.24) is 14.6 Å². The van der Waals surface area contributed by atoms with Crippen molar-refractivity contribution < 1.29 is 4.84 Å². The molecule has 1 aliphatic rings. The minimum atomic E-state index is -0.194. The standard InChI is InChI=1S/C20H28ClN3O/c1-3-4-5-6-7-19-14-20(23(2)25-19,15-24-13-12-22-16-24)17-8-10-18(21)11-9-17/h8-13,16,19H,3-7,14-15H2,1-2H3/t19-,20+/m0/s1. The lowest BCUT2D eigenvalue weighted by atomic mass is 9.84. The molecule has 2 heterocycles. The number of likely N-dealkylation sites (N-methyl/N-ethyl adjacent to an activating group) is 1. The molecule has 2 atom stereocenters. The average Bonchev–Trinajstić information content (AvgIpc) is 3.21. The second-order valence-electron chi connectivity index (χ2n) is 7.05. The summed E-state index contributed by atoms with van der Waals surface area (Å²) < 4.78 is 2.13. The zero-order valence-corrected chi connectivity index (χ0v) is 16.0. The van der Waals surface area contributed by atoms with Crippen LogP contribution in [0.3, 0.4) is 0 Å². The van der Waals surface area contributed by atoms with E-state index in [1.54, 1.807) is 0 Å². The first-order chi connectivity index (χ1) is 12.1. The lowest BCUT2D eigenvalue weighted by molar-refractivity contribution is -0.176. The Labute approximate surface area is 155 Å². The van der Waals surface area contributed by atoms with Crippen LogP contribution in [0.4, 0.5) is 0 Å². The van der Waals surface area contributed by atoms with Gasteiger partial charge in [-0.25, -0.2) is 4.98 Å². The van der Waals surface area contributed by atoms with E-state index in [1.807, 2.05) is 30.9 Å². The minimum absolute atomic E-state index is 0.194. The van der Waals surface area contributed by atoms with Gasteiger partial charge in [-0.05, 0) is 24.1 Å². The lowest BCUT2D eigenvalue weighted by Crippen LogP contribution is -2.41. The first kappa shape index (κ1) is 18.4. The maximum Gasteiger partial charge on any atom is 0.0946 e. The summed E-state index contributed by atoms with van der Waals surface area (Å²) in [4.78, 5) is 10.5. The van der Waals surface area contributed by atoms with Gasteiger partial charge in [0.15, 0.2) is 0 Å². The summed E-state index contributed by atoms with van der Waals surface area (Å²) in [5.41, 5.74) is 1.05. The Bertz CT molecular complexity index is 643. The normalized spacial score (nSPS) is 24.0. The molecule has 0 bridgehead atoms. The summed E-state index contributed by atoms with van der Waals surface area (Å²) in [5, 5.41) is 2.82. The number of imidazole rings is 1. The maximum atomic E-state index is 6.26. The summed E-state index contributed by atoms with van der Waals surface area (Å²) in [6.07, 6.45) is 13.2. The fourth-order valence-electron chi connectivity index (χ4n) is 3.82. The van der Waals surface area contributed by atoms with E-state index >= 15 is 0 Å². The molecule has 0 amide bonds. The van der Waals surface area contributed by atoms with Gasteiger partial charge >= 0.3 is 0 Å². The van der Waals surface area contributed by atoms with E-state index in [0.717, 1.165) is 24.4 Å². The fraction of sp³-hybridized carbons (Fsp3) is 0.550. The third-order valence-electron chi connectivity index (χ3n) is 5.24. The lowest BCUT2D eigenvalue weighted by Gasteiger charge is -2.35. The zero-order valence-electron chi connectivity index (χ0n) is 15.2. The second kappa shape index (κ2) is 8.35. The van der Waals surface area contributed by atoms with Crippen molar-refractivity contribution in [2.24, 2.45) is 0 Å². The molecule has 136 valence electrons. The van der Waals surface area contributed by atoms with Crippen molar-refractivity contribution >= 4 is 11.6 Å². The van der Waals surface area contributed by atoms with Gasteiger partial charge in [0.25, 0.3) is 0 Å². The topological polar surface area (TPSA) is 30.3 Å². The molecule has 0 radical (unpaired) electrons. The van der Waals surface area contributed by atoms with E-state index in [-0.39, 0.29) is 11.6 Å². The highest BCUT2D eigenvalue weighted by Crippen LogP contribution is 2.42. The third-order valence-corrected chi connectivity index (χ3v) is 5.49. The Kier molecular flexibility index (Phi) is 6.15. The first-order valence-corrected chi connectivity index (χ1v) is 9.64. The molecule has 0 N–H and O–H groups in total. The predicted octanol–water partition coefficient (Wildman–Crippen LogP) is 5.04. The van der Waals surface area contributed by atoms with Crippen LogP contribution in [0.15, 0.2) is 43.0 Å². The van der Waals surface area contributed by atoms with Gasteiger partial charge in [-0.1, -0.05) is 56.3 Å². The van der Waals surface area contributed by atoms with Gasteiger partial charge in [0, 0.05) is 37.4 Å². The number of hydrogen-bond acceptors (Lipinski definition) is 3. The third kappa shape index (κ3) is 4.25. The van der Waals surface area contributed by atoms with E-state index in [2.05, 4.69) is 40.7 Å². The van der Waals surface area contributed by atoms with Crippen LogP contribution in [0, 0.1) is 0 Å². The summed E-state index contributed by atoms with van der Waals surface area (Å²) in [5.74, 6) is 0. The monoisotopic (exact) mass is 361 g/mol. The summed E-state index contributed by atoms with van der Waals surface area (Å²) in [7, 11) is 2.05. The molecule has 2 aromatic rings. The fourth-order valence-corrected chi connectivity index (χ4v) is 3.94. The highest BCUT2D eigenvalue weighted by Gasteiger charge is 2.46. The van der Waals surface area contributed by atoms with Crippen LogP contribution in [-0.4, -0.2) is 27.8 Å². The van der Waals surface area contributed by atoms with Gasteiger partial charge < -0.3 is 4.57 Å². The average molecular weight is 362 g/mol. The summed E-state index contributed by atoms with van der Waals surface area (Å²) >= 11 is 6.11. The van der Waals surface area contributed by atoms with Crippen LogP contribution in [0.2, 0.25) is 5.02 Å². The van der Waals surface area contributed by atoms with Crippen molar-refractivity contribution in [3.8, 4) is 0 Å². The maximum absolute atomic E-state index is 6.26. The molecule has 0 saturated carbocycles. The van der Waals surface area contributed by atoms with E-state index in [4.69, 9.17) is 16.4 Å². The number of nitrogens with zero attached hydrogens (tertiary/aromatic N) is 3. The van der Waals surface area contributed by atoms with Crippen molar-refractivity contribution in [2.45, 2.75) is 63.6 Å². The van der Waals surface area contributed by atoms with Crippen molar-refractivity contribution in [3.05, 3.63) is 53.6 Å². The van der Waals surface area contributed by atoms with Crippen molar-refractivity contribution in [3.63, 3.8) is 0 Å². The van der Waals surface area contributed by atoms with Gasteiger partial charge in [-0.15, -0.1) is 0 Å². The summed E-state index contributed by atoms with van der Waals surface area (Å²) in [6, 6.07) is 8.18. The molecule has 4 nitrogen and oxygen atoms in total. The van der Waals surface area contributed by atoms with E-state index in [0.29, 0.717) is 0 Å². The zero-order chi connectivity index (χ0) is 17.7. The molecule has 1 aliphatic heterocycles. The summed E-state index contributed by atoms with van der Waals surface area (Å²) in [6.45, 7) is 3.06. The van der Waals surface area contributed by atoms with Crippen molar-refractivity contribution in [1.29, 1.82) is 0 Å². The number of hydroxylamine groups is 2. The van der Waals surface area contributed by atoms with Gasteiger partial charge in [0.05, 0.1) is 18.0 Å². The molecular formula is C20H28ClN3O. The van der Waals surface area contributed by atoms with E-state index < -0.39 is 0 Å². The number of aromatic nitrogens is 2. The second-order valence-corrected chi connectivity index (χ2v) is 7.49. The number of rotatable bonds is 8. The smallest absolute Gasteiger partial charge is 0.0946 e. The van der Waals surface area contributed by atoms with Crippen LogP contribution in [0.5, 0.6) is 0 Å². The van der Waals surface area contributed by atoms with Crippen LogP contribution < -0.4 is 0 Å². The first-order valence-electron chi connectivity index (χ1n) is 9.26. The van der Waals surface area contributed by atoms with Crippen molar-refractivity contribution in [2.75, 3.05) is 7.05 Å². The molecule has 1 aromatic heterocycles. The minimum Gasteiger partial charge on any atom is -0.335 e. The number of unbranched alkanes of at least 4 members (excludes halogenated alkanes) is 3. The van der Waals surface area contributed by atoms with Gasteiger partial charge in [0.2, 0.25) is 0 Å². The molecule has 3 rings (SSSR count). The SMILES string of the molecule is CCCCCC[C@H]1C[C@@](Cn2ccnc2)(c2ccc(Cl)cc2)N(C)O1. The number of hydrogen-bond donors (Lipinski definition) is 0. The highest BCUT2D eigenvalue weighted by atomic mass is 35.5. The predicted molar refractivity (Wildman–Crippen MR) is 101 cm³/mol. The van der Waals surface area contributed by atoms with Crippen LogP contribution in [-0.2, 0) is 16.9 Å². The number of halogens is 1. The van der Waals surface area contributed by atoms with E-state index in [9.17, 15) is 0 Å². The molecule has 1 saturated heterocycles. The molecule has 0 spiro atoms. The molecule has 0 unspecified atom stereocenters. The Morgan fingerprint density at radius 1 is 1.24 bits per heavy atom. The van der Waals surface area contributed by atoms with Crippen LogP contribution in [0.1, 0.15) is 51.0 Å². The van der Waals surface area contributed by atoms with E-state index in [1.165, 1.54) is 31.2 Å². The Balaban J connectivity index is 1.80.